The molecule has 0 saturated heterocycles. The number of benzene rings is 1. The van der Waals surface area contributed by atoms with Crippen molar-refractivity contribution >= 4 is 11.9 Å². The Morgan fingerprint density at radius 2 is 0.844 bits per heavy atom. The fourth-order valence-corrected chi connectivity index (χ4v) is 4.41. The standard InChI is InChI=1S/C28H46O4/c1-2-3-4-5-6-7-8-9-10-11-12-13-14-15-16-17-18-24-19-25(22-27(29)30)21-26(20-24)23-28(31)32/h19-21H,2-18,22-23H2,1H3,(H,29,30)(H,31,32). The van der Waals surface area contributed by atoms with Crippen molar-refractivity contribution in [3.05, 3.63) is 34.9 Å². The van der Waals surface area contributed by atoms with E-state index in [0.29, 0.717) is 11.1 Å². The van der Waals surface area contributed by atoms with Gasteiger partial charge in [0.05, 0.1) is 12.8 Å². The van der Waals surface area contributed by atoms with E-state index in [4.69, 9.17) is 10.2 Å². The molecule has 4 heteroatoms. The van der Waals surface area contributed by atoms with Gasteiger partial charge >= 0.3 is 11.9 Å². The fourth-order valence-electron chi connectivity index (χ4n) is 4.41. The summed E-state index contributed by atoms with van der Waals surface area (Å²) in [6.45, 7) is 2.27. The van der Waals surface area contributed by atoms with Crippen LogP contribution in [0, 0.1) is 0 Å². The summed E-state index contributed by atoms with van der Waals surface area (Å²) >= 11 is 0. The van der Waals surface area contributed by atoms with E-state index in [2.05, 4.69) is 6.92 Å². The second kappa shape index (κ2) is 18.7. The zero-order valence-corrected chi connectivity index (χ0v) is 20.4. The van der Waals surface area contributed by atoms with Crippen LogP contribution in [-0.2, 0) is 28.9 Å². The van der Waals surface area contributed by atoms with Gasteiger partial charge in [-0.15, -0.1) is 0 Å². The molecule has 0 aliphatic rings. The molecule has 0 amide bonds. The van der Waals surface area contributed by atoms with E-state index in [1.807, 2.05) is 12.1 Å². The number of unbranched alkanes of at least 4 members (excludes halogenated alkanes) is 15. The molecule has 1 rings (SSSR count). The third kappa shape index (κ3) is 15.9. The van der Waals surface area contributed by atoms with Crippen LogP contribution >= 0.6 is 0 Å². The summed E-state index contributed by atoms with van der Waals surface area (Å²) in [6, 6.07) is 5.55. The van der Waals surface area contributed by atoms with Gasteiger partial charge in [0, 0.05) is 0 Å². The molecule has 0 aromatic heterocycles. The molecule has 1 aromatic carbocycles. The molecule has 182 valence electrons. The molecule has 0 aliphatic heterocycles. The average Bonchev–Trinajstić information content (AvgIpc) is 2.72. The first kappa shape index (κ1) is 28.2. The van der Waals surface area contributed by atoms with Crippen molar-refractivity contribution in [2.24, 2.45) is 0 Å². The van der Waals surface area contributed by atoms with Gasteiger partial charge in [-0.1, -0.05) is 121 Å². The lowest BCUT2D eigenvalue weighted by atomic mass is 9.97. The summed E-state index contributed by atoms with van der Waals surface area (Å²) in [7, 11) is 0. The zero-order chi connectivity index (χ0) is 23.4. The van der Waals surface area contributed by atoms with E-state index in [0.717, 1.165) is 18.4 Å². The Kier molecular flexibility index (Phi) is 16.5. The quantitative estimate of drug-likeness (QED) is 0.189. The van der Waals surface area contributed by atoms with E-state index < -0.39 is 11.9 Å². The van der Waals surface area contributed by atoms with E-state index in [9.17, 15) is 9.59 Å². The first-order valence-electron chi connectivity index (χ1n) is 13.1. The molecule has 0 radical (unpaired) electrons. The van der Waals surface area contributed by atoms with Crippen LogP contribution < -0.4 is 0 Å². The molecule has 0 spiro atoms. The fraction of sp³-hybridized carbons (Fsp3) is 0.714. The van der Waals surface area contributed by atoms with Crippen LogP contribution in [0.3, 0.4) is 0 Å². The first-order chi connectivity index (χ1) is 15.5. The van der Waals surface area contributed by atoms with Crippen molar-refractivity contribution in [2.45, 2.75) is 129 Å². The first-order valence-corrected chi connectivity index (χ1v) is 13.1. The summed E-state index contributed by atoms with van der Waals surface area (Å²) < 4.78 is 0. The normalized spacial score (nSPS) is 11.0. The molecule has 0 heterocycles. The van der Waals surface area contributed by atoms with Gasteiger partial charge < -0.3 is 10.2 Å². The number of carboxylic acids is 2. The molecule has 1 aromatic rings. The third-order valence-corrected chi connectivity index (χ3v) is 6.14. The minimum absolute atomic E-state index is 0.0561. The second-order valence-electron chi connectivity index (χ2n) is 9.35. The van der Waals surface area contributed by atoms with Gasteiger partial charge in [0.15, 0.2) is 0 Å². The Bertz CT molecular complexity index is 604. The van der Waals surface area contributed by atoms with Gasteiger partial charge in [-0.05, 0) is 29.5 Å². The topological polar surface area (TPSA) is 74.6 Å². The number of aryl methyl sites for hydroxylation is 1. The van der Waals surface area contributed by atoms with E-state index in [1.165, 1.54) is 96.3 Å². The smallest absolute Gasteiger partial charge is 0.307 e. The van der Waals surface area contributed by atoms with Gasteiger partial charge in [0.25, 0.3) is 0 Å². The molecule has 0 unspecified atom stereocenters. The minimum atomic E-state index is -0.883. The molecular formula is C28H46O4. The van der Waals surface area contributed by atoms with Gasteiger partial charge in [0.1, 0.15) is 0 Å². The molecule has 0 bridgehead atoms. The molecule has 32 heavy (non-hydrogen) atoms. The predicted octanol–water partition coefficient (Wildman–Crippen LogP) is 7.74. The summed E-state index contributed by atoms with van der Waals surface area (Å²) in [4.78, 5) is 22.0. The Balaban J connectivity index is 2.07. The Hall–Kier alpha value is -1.84. The van der Waals surface area contributed by atoms with Crippen molar-refractivity contribution < 1.29 is 19.8 Å². The summed E-state index contributed by atoms with van der Waals surface area (Å²) in [5.41, 5.74) is 2.45. The van der Waals surface area contributed by atoms with Crippen molar-refractivity contribution in [3.8, 4) is 0 Å². The van der Waals surface area contributed by atoms with Crippen LogP contribution in [0.25, 0.3) is 0 Å². The number of hydrogen-bond acceptors (Lipinski definition) is 2. The number of carbonyl (C=O) groups is 2. The average molecular weight is 447 g/mol. The van der Waals surface area contributed by atoms with Gasteiger partial charge in [-0.2, -0.15) is 0 Å². The van der Waals surface area contributed by atoms with Crippen LogP contribution in [0.1, 0.15) is 126 Å². The molecule has 4 nitrogen and oxygen atoms in total. The summed E-state index contributed by atoms with van der Waals surface area (Å²) in [5, 5.41) is 18.1. The Morgan fingerprint density at radius 3 is 1.19 bits per heavy atom. The lowest BCUT2D eigenvalue weighted by molar-refractivity contribution is -0.137. The molecule has 2 N–H and O–H groups in total. The van der Waals surface area contributed by atoms with Gasteiger partial charge in [-0.3, -0.25) is 9.59 Å². The van der Waals surface area contributed by atoms with Crippen LogP contribution in [0.4, 0.5) is 0 Å². The Labute approximate surface area is 195 Å². The maximum Gasteiger partial charge on any atom is 0.307 e. The second-order valence-corrected chi connectivity index (χ2v) is 9.35. The number of carboxylic acid groups (broad SMARTS) is 2. The molecule has 0 aliphatic carbocycles. The van der Waals surface area contributed by atoms with Crippen molar-refractivity contribution in [1.82, 2.24) is 0 Å². The monoisotopic (exact) mass is 446 g/mol. The lowest BCUT2D eigenvalue weighted by Gasteiger charge is -2.08. The Morgan fingerprint density at radius 1 is 0.531 bits per heavy atom. The molecule has 0 saturated carbocycles. The van der Waals surface area contributed by atoms with Crippen LogP contribution in [0.5, 0.6) is 0 Å². The van der Waals surface area contributed by atoms with Crippen LogP contribution in [-0.4, -0.2) is 22.2 Å². The van der Waals surface area contributed by atoms with Crippen LogP contribution in [0.2, 0.25) is 0 Å². The van der Waals surface area contributed by atoms with E-state index >= 15 is 0 Å². The largest absolute Gasteiger partial charge is 0.481 e. The highest BCUT2D eigenvalue weighted by Gasteiger charge is 2.08. The highest BCUT2D eigenvalue weighted by Crippen LogP contribution is 2.17. The summed E-state index contributed by atoms with van der Waals surface area (Å²) in [6.07, 6.45) is 22.2. The van der Waals surface area contributed by atoms with Crippen molar-refractivity contribution in [2.75, 3.05) is 0 Å². The highest BCUT2D eigenvalue weighted by atomic mass is 16.4. The molecule has 0 fully saturated rings. The van der Waals surface area contributed by atoms with E-state index in [1.54, 1.807) is 6.07 Å². The highest BCUT2D eigenvalue weighted by molar-refractivity contribution is 5.72. The summed E-state index contributed by atoms with van der Waals surface area (Å²) in [5.74, 6) is -1.77. The zero-order valence-electron chi connectivity index (χ0n) is 20.4. The SMILES string of the molecule is CCCCCCCCCCCCCCCCCCc1cc(CC(=O)O)cc(CC(=O)O)c1. The molecular weight excluding hydrogens is 400 g/mol. The predicted molar refractivity (Wildman–Crippen MR) is 132 cm³/mol. The van der Waals surface area contributed by atoms with Crippen molar-refractivity contribution in [1.29, 1.82) is 0 Å². The number of hydrogen-bond donors (Lipinski definition) is 2. The van der Waals surface area contributed by atoms with Gasteiger partial charge in [0.2, 0.25) is 0 Å². The maximum absolute atomic E-state index is 11.0. The van der Waals surface area contributed by atoms with Crippen molar-refractivity contribution in [3.63, 3.8) is 0 Å². The molecule has 0 atom stereocenters. The van der Waals surface area contributed by atoms with E-state index in [-0.39, 0.29) is 12.8 Å². The lowest BCUT2D eigenvalue weighted by Crippen LogP contribution is -2.05. The number of rotatable bonds is 21. The number of aliphatic carboxylic acids is 2. The minimum Gasteiger partial charge on any atom is -0.481 e. The van der Waals surface area contributed by atoms with Crippen LogP contribution in [0.15, 0.2) is 18.2 Å². The maximum atomic E-state index is 11.0. The third-order valence-electron chi connectivity index (χ3n) is 6.14. The van der Waals surface area contributed by atoms with Gasteiger partial charge in [-0.25, -0.2) is 0 Å².